The van der Waals surface area contributed by atoms with E-state index in [1.807, 2.05) is 0 Å². The molecule has 0 fully saturated rings. The maximum Gasteiger partial charge on any atom is 0.0468 e. The van der Waals surface area contributed by atoms with Crippen LogP contribution in [0.2, 0.25) is 0 Å². The molecule has 0 amide bonds. The number of benzene rings is 8. The van der Waals surface area contributed by atoms with Crippen molar-refractivity contribution in [2.75, 3.05) is 4.90 Å². The van der Waals surface area contributed by atoms with Gasteiger partial charge in [0.1, 0.15) is 0 Å². The summed E-state index contributed by atoms with van der Waals surface area (Å²) in [4.78, 5) is 2.43. The lowest BCUT2D eigenvalue weighted by Gasteiger charge is -2.33. The maximum absolute atomic E-state index is 2.49. The second-order valence-electron chi connectivity index (χ2n) is 13.8. The molecule has 2 atom stereocenters. The average Bonchev–Trinajstić information content (AvgIpc) is 3.47. The van der Waals surface area contributed by atoms with Crippen LogP contribution in [0, 0.1) is 0 Å². The molecule has 2 unspecified atom stereocenters. The smallest absolute Gasteiger partial charge is 0.0468 e. The Morgan fingerprint density at radius 3 is 1.73 bits per heavy atom. The van der Waals surface area contributed by atoms with Gasteiger partial charge in [-0.25, -0.2) is 0 Å². The van der Waals surface area contributed by atoms with Crippen molar-refractivity contribution in [2.45, 2.75) is 24.7 Å². The number of hydrogen-bond acceptors (Lipinski definition) is 1. The predicted molar refractivity (Wildman–Crippen MR) is 214 cm³/mol. The fraction of sp³-hybridized carbons (Fsp3) is 0.0800. The van der Waals surface area contributed by atoms with Gasteiger partial charge in [-0.05, 0) is 111 Å². The molecule has 0 spiro atoms. The third-order valence-corrected chi connectivity index (χ3v) is 10.9. The lowest BCUT2D eigenvalue weighted by atomic mass is 9.73. The largest absolute Gasteiger partial charge is 0.310 e. The van der Waals surface area contributed by atoms with E-state index in [0.29, 0.717) is 0 Å². The van der Waals surface area contributed by atoms with Crippen LogP contribution in [0.3, 0.4) is 0 Å². The molecule has 1 aliphatic carbocycles. The number of nitrogens with zero attached hydrogens (tertiary/aromatic N) is 1. The van der Waals surface area contributed by atoms with Crippen molar-refractivity contribution in [2.24, 2.45) is 0 Å². The zero-order valence-electron chi connectivity index (χ0n) is 28.8. The minimum Gasteiger partial charge on any atom is -0.310 e. The van der Waals surface area contributed by atoms with E-state index in [1.165, 1.54) is 55.3 Å². The Morgan fingerprint density at radius 1 is 0.471 bits per heavy atom. The molecule has 0 N–H and O–H groups in total. The quantitative estimate of drug-likeness (QED) is 0.158. The molecule has 0 saturated heterocycles. The van der Waals surface area contributed by atoms with E-state index in [9.17, 15) is 0 Å². The normalized spacial score (nSPS) is 15.2. The molecule has 51 heavy (non-hydrogen) atoms. The molecule has 0 aromatic heterocycles. The van der Waals surface area contributed by atoms with E-state index >= 15 is 0 Å². The summed E-state index contributed by atoms with van der Waals surface area (Å²) in [6.07, 6.45) is 0.895. The molecule has 9 rings (SSSR count). The third-order valence-electron chi connectivity index (χ3n) is 10.9. The Labute approximate surface area is 301 Å². The van der Waals surface area contributed by atoms with E-state index in [4.69, 9.17) is 0 Å². The second kappa shape index (κ2) is 12.9. The summed E-state index contributed by atoms with van der Waals surface area (Å²) in [7, 11) is 0. The number of para-hydroxylation sites is 2. The molecule has 0 saturated carbocycles. The molecule has 0 aliphatic heterocycles. The van der Waals surface area contributed by atoms with Crippen molar-refractivity contribution in [3.05, 3.63) is 234 Å². The Kier molecular flexibility index (Phi) is 7.82. The van der Waals surface area contributed by atoms with Crippen LogP contribution in [0.5, 0.6) is 0 Å². The number of anilines is 3. The lowest BCUT2D eigenvalue weighted by Crippen LogP contribution is -2.23. The molecule has 0 radical (unpaired) electrons. The van der Waals surface area contributed by atoms with Crippen molar-refractivity contribution in [3.8, 4) is 11.1 Å². The van der Waals surface area contributed by atoms with Crippen molar-refractivity contribution in [1.82, 2.24) is 0 Å². The van der Waals surface area contributed by atoms with E-state index in [2.05, 4.69) is 212 Å². The van der Waals surface area contributed by atoms with Gasteiger partial charge < -0.3 is 4.90 Å². The Balaban J connectivity index is 1.38. The van der Waals surface area contributed by atoms with E-state index in [0.717, 1.165) is 23.5 Å². The Bertz CT molecular complexity index is 2410. The lowest BCUT2D eigenvalue weighted by molar-refractivity contribution is 0.712. The van der Waals surface area contributed by atoms with Crippen LogP contribution in [0.25, 0.3) is 21.9 Å². The molecule has 1 heteroatoms. The van der Waals surface area contributed by atoms with Crippen LogP contribution in [0.1, 0.15) is 46.2 Å². The van der Waals surface area contributed by atoms with Crippen LogP contribution in [-0.4, -0.2) is 0 Å². The highest BCUT2D eigenvalue weighted by Crippen LogP contribution is 2.57. The predicted octanol–water partition coefficient (Wildman–Crippen LogP) is 13.0. The van der Waals surface area contributed by atoms with Crippen molar-refractivity contribution < 1.29 is 0 Å². The highest BCUT2D eigenvalue weighted by Gasteiger charge is 2.43. The standard InChI is InChI=1S/C50H39N/c1-50(40-31-30-37-20-14-15-23-39(37)33-40)47-29-17-16-28-44(47)49-46(45(38-21-8-3-9-22-38)32-36-18-6-2-7-19-36)34-43(35-48(49)50)51(41-24-10-4-11-25-41)42-26-12-5-13-27-42/h2-31,33-35,45H,32H2,1H3. The molecule has 1 aliphatic rings. The summed E-state index contributed by atoms with van der Waals surface area (Å²) >= 11 is 0. The van der Waals surface area contributed by atoms with Crippen LogP contribution >= 0.6 is 0 Å². The fourth-order valence-electron chi connectivity index (χ4n) is 8.38. The summed E-state index contributed by atoms with van der Waals surface area (Å²) in [5.41, 5.74) is 13.7. The molecular weight excluding hydrogens is 615 g/mol. The topological polar surface area (TPSA) is 3.24 Å². The summed E-state index contributed by atoms with van der Waals surface area (Å²) in [5.74, 6) is 0.128. The van der Waals surface area contributed by atoms with Gasteiger partial charge in [-0.15, -0.1) is 0 Å². The molecule has 8 aromatic carbocycles. The SMILES string of the molecule is CC1(c2ccc3ccccc3c2)c2ccccc2-c2c(C(Cc3ccccc3)c3ccccc3)cc(N(c3ccccc3)c3ccccc3)cc21. The zero-order valence-corrected chi connectivity index (χ0v) is 28.8. The van der Waals surface area contributed by atoms with E-state index in [-0.39, 0.29) is 11.3 Å². The number of rotatable bonds is 8. The van der Waals surface area contributed by atoms with E-state index in [1.54, 1.807) is 0 Å². The van der Waals surface area contributed by atoms with Gasteiger partial charge in [0.2, 0.25) is 0 Å². The van der Waals surface area contributed by atoms with E-state index < -0.39 is 0 Å². The summed E-state index contributed by atoms with van der Waals surface area (Å²) in [6.45, 7) is 2.44. The first-order valence-electron chi connectivity index (χ1n) is 18.0. The highest BCUT2D eigenvalue weighted by molar-refractivity contribution is 5.91. The molecule has 0 heterocycles. The van der Waals surface area contributed by atoms with Gasteiger partial charge in [0.15, 0.2) is 0 Å². The minimum absolute atomic E-state index is 0.128. The summed E-state index contributed by atoms with van der Waals surface area (Å²) in [6, 6.07) is 73.6. The van der Waals surface area contributed by atoms with Gasteiger partial charge in [0.25, 0.3) is 0 Å². The number of fused-ring (bicyclic) bond motifs is 4. The number of hydrogen-bond donors (Lipinski definition) is 0. The van der Waals surface area contributed by atoms with Crippen molar-refractivity contribution in [3.63, 3.8) is 0 Å². The van der Waals surface area contributed by atoms with Crippen LogP contribution in [0.15, 0.2) is 200 Å². The first kappa shape index (κ1) is 30.8. The van der Waals surface area contributed by atoms with Gasteiger partial charge >= 0.3 is 0 Å². The third kappa shape index (κ3) is 5.43. The maximum atomic E-state index is 2.49. The highest BCUT2D eigenvalue weighted by atomic mass is 15.1. The average molecular weight is 654 g/mol. The first-order valence-corrected chi connectivity index (χ1v) is 18.0. The monoisotopic (exact) mass is 653 g/mol. The van der Waals surface area contributed by atoms with Gasteiger partial charge in [-0.1, -0.05) is 158 Å². The molecular formula is C50H39N. The van der Waals surface area contributed by atoms with Gasteiger partial charge in [-0.3, -0.25) is 0 Å². The Morgan fingerprint density at radius 2 is 1.04 bits per heavy atom. The fourth-order valence-corrected chi connectivity index (χ4v) is 8.38. The summed E-state index contributed by atoms with van der Waals surface area (Å²) in [5, 5.41) is 2.53. The molecule has 8 aromatic rings. The van der Waals surface area contributed by atoms with Crippen LogP contribution in [0.4, 0.5) is 17.1 Å². The Hall–Kier alpha value is -6.18. The minimum atomic E-state index is -0.381. The molecule has 244 valence electrons. The summed E-state index contributed by atoms with van der Waals surface area (Å²) < 4.78 is 0. The van der Waals surface area contributed by atoms with Gasteiger partial charge in [-0.2, -0.15) is 0 Å². The van der Waals surface area contributed by atoms with Crippen molar-refractivity contribution >= 4 is 27.8 Å². The van der Waals surface area contributed by atoms with Crippen molar-refractivity contribution in [1.29, 1.82) is 0 Å². The first-order chi connectivity index (χ1) is 25.2. The van der Waals surface area contributed by atoms with Crippen LogP contribution < -0.4 is 4.90 Å². The second-order valence-corrected chi connectivity index (χ2v) is 13.8. The molecule has 0 bridgehead atoms. The van der Waals surface area contributed by atoms with Crippen LogP contribution in [-0.2, 0) is 11.8 Å². The van der Waals surface area contributed by atoms with Gasteiger partial charge in [0, 0.05) is 28.4 Å². The molecule has 1 nitrogen and oxygen atoms in total. The van der Waals surface area contributed by atoms with Gasteiger partial charge in [0.05, 0.1) is 0 Å². The zero-order chi connectivity index (χ0) is 34.2.